The first-order valence-corrected chi connectivity index (χ1v) is 8.50. The van der Waals surface area contributed by atoms with Crippen molar-refractivity contribution in [2.24, 2.45) is 0 Å². The van der Waals surface area contributed by atoms with Crippen LogP contribution in [0.3, 0.4) is 0 Å². The van der Waals surface area contributed by atoms with Crippen molar-refractivity contribution >= 4 is 23.4 Å². The minimum absolute atomic E-state index is 0.181. The second-order valence-corrected chi connectivity index (χ2v) is 6.24. The van der Waals surface area contributed by atoms with Crippen molar-refractivity contribution in [3.63, 3.8) is 0 Å². The van der Waals surface area contributed by atoms with Crippen molar-refractivity contribution < 1.29 is 18.8 Å². The largest absolute Gasteiger partial charge is 0.459 e. The van der Waals surface area contributed by atoms with Gasteiger partial charge in [0.1, 0.15) is 6.42 Å². The molecule has 0 radical (unpaired) electrons. The van der Waals surface area contributed by atoms with E-state index in [9.17, 15) is 14.4 Å². The molecule has 7 nitrogen and oxygen atoms in total. The summed E-state index contributed by atoms with van der Waals surface area (Å²) in [6.07, 6.45) is 1.25. The van der Waals surface area contributed by atoms with E-state index in [4.69, 9.17) is 4.42 Å². The Morgan fingerprint density at radius 1 is 1.04 bits per heavy atom. The summed E-state index contributed by atoms with van der Waals surface area (Å²) in [5.74, 6) is -0.462. The summed E-state index contributed by atoms with van der Waals surface area (Å²) >= 11 is 0. The van der Waals surface area contributed by atoms with Crippen LogP contribution in [0.4, 0.5) is 5.69 Å². The molecular formula is C19H21N3O4. The van der Waals surface area contributed by atoms with Crippen LogP contribution in [0.1, 0.15) is 22.5 Å². The highest BCUT2D eigenvalue weighted by Gasteiger charge is 2.26. The molecule has 1 aliphatic rings. The van der Waals surface area contributed by atoms with Crippen LogP contribution < -0.4 is 5.32 Å². The van der Waals surface area contributed by atoms with Gasteiger partial charge in [0.05, 0.1) is 6.26 Å². The Kier molecular flexibility index (Phi) is 5.36. The van der Waals surface area contributed by atoms with Gasteiger partial charge in [0, 0.05) is 31.9 Å². The number of rotatable bonds is 4. The molecule has 3 rings (SSSR count). The molecule has 1 saturated heterocycles. The number of amides is 3. The van der Waals surface area contributed by atoms with Crippen molar-refractivity contribution in [3.8, 4) is 0 Å². The molecule has 1 fully saturated rings. The molecule has 3 amide bonds. The highest BCUT2D eigenvalue weighted by molar-refractivity contribution is 6.03. The molecular weight excluding hydrogens is 334 g/mol. The van der Waals surface area contributed by atoms with Gasteiger partial charge in [-0.05, 0) is 36.8 Å². The third-order valence-electron chi connectivity index (χ3n) is 4.27. The van der Waals surface area contributed by atoms with Crippen LogP contribution in [0.5, 0.6) is 0 Å². The lowest BCUT2D eigenvalue weighted by atomic mass is 10.2. The SMILES string of the molecule is Cc1cccc(NC(=O)CC(=O)N2CCN(C(=O)c3ccco3)CC2)c1. The molecule has 7 heteroatoms. The van der Waals surface area contributed by atoms with Gasteiger partial charge in [-0.3, -0.25) is 14.4 Å². The van der Waals surface area contributed by atoms with E-state index in [1.54, 1.807) is 28.0 Å². The maximum Gasteiger partial charge on any atom is 0.289 e. The highest BCUT2D eigenvalue weighted by atomic mass is 16.3. The molecule has 0 aliphatic carbocycles. The summed E-state index contributed by atoms with van der Waals surface area (Å²) < 4.78 is 5.12. The van der Waals surface area contributed by atoms with Crippen molar-refractivity contribution in [1.82, 2.24) is 9.80 Å². The van der Waals surface area contributed by atoms with Gasteiger partial charge in [-0.15, -0.1) is 0 Å². The first-order valence-electron chi connectivity index (χ1n) is 8.50. The highest BCUT2D eigenvalue weighted by Crippen LogP contribution is 2.12. The van der Waals surface area contributed by atoms with Gasteiger partial charge in [0.25, 0.3) is 5.91 Å². The Bertz CT molecular complexity index is 793. The van der Waals surface area contributed by atoms with Crippen LogP contribution >= 0.6 is 0 Å². The number of piperazine rings is 1. The van der Waals surface area contributed by atoms with E-state index in [0.717, 1.165) is 5.56 Å². The zero-order chi connectivity index (χ0) is 18.5. The fourth-order valence-corrected chi connectivity index (χ4v) is 2.89. The molecule has 0 unspecified atom stereocenters. The zero-order valence-corrected chi connectivity index (χ0v) is 14.6. The lowest BCUT2D eigenvalue weighted by Crippen LogP contribution is -2.51. The molecule has 2 aromatic rings. The normalized spacial score (nSPS) is 14.2. The van der Waals surface area contributed by atoms with E-state index in [2.05, 4.69) is 5.32 Å². The standard InChI is InChI=1S/C19H21N3O4/c1-14-4-2-5-15(12-14)20-17(23)13-18(24)21-7-9-22(10-8-21)19(25)16-6-3-11-26-16/h2-6,11-12H,7-10,13H2,1H3,(H,20,23). The number of nitrogens with zero attached hydrogens (tertiary/aromatic N) is 2. The second-order valence-electron chi connectivity index (χ2n) is 6.24. The van der Waals surface area contributed by atoms with Crippen LogP contribution in [-0.4, -0.2) is 53.7 Å². The summed E-state index contributed by atoms with van der Waals surface area (Å²) in [7, 11) is 0. The molecule has 2 heterocycles. The Morgan fingerprint density at radius 2 is 1.77 bits per heavy atom. The van der Waals surface area contributed by atoms with Crippen LogP contribution in [0, 0.1) is 6.92 Å². The summed E-state index contributed by atoms with van der Waals surface area (Å²) in [6, 6.07) is 10.7. The Hall–Kier alpha value is -3.09. The van der Waals surface area contributed by atoms with Gasteiger partial charge in [0.15, 0.2) is 5.76 Å². The molecule has 0 spiro atoms. The molecule has 0 bridgehead atoms. The van der Waals surface area contributed by atoms with Crippen molar-refractivity contribution in [1.29, 1.82) is 0 Å². The molecule has 136 valence electrons. The molecule has 1 aromatic heterocycles. The number of furan rings is 1. The van der Waals surface area contributed by atoms with Crippen LogP contribution in [-0.2, 0) is 9.59 Å². The van der Waals surface area contributed by atoms with Gasteiger partial charge in [-0.2, -0.15) is 0 Å². The number of anilines is 1. The molecule has 1 N–H and O–H groups in total. The van der Waals surface area contributed by atoms with Crippen molar-refractivity contribution in [2.45, 2.75) is 13.3 Å². The summed E-state index contributed by atoms with van der Waals surface area (Å²) in [5, 5.41) is 2.73. The predicted octanol–water partition coefficient (Wildman–Crippen LogP) is 1.90. The van der Waals surface area contributed by atoms with Gasteiger partial charge < -0.3 is 19.5 Å². The van der Waals surface area contributed by atoms with Crippen molar-refractivity contribution in [2.75, 3.05) is 31.5 Å². The van der Waals surface area contributed by atoms with E-state index >= 15 is 0 Å². The zero-order valence-electron chi connectivity index (χ0n) is 14.6. The maximum absolute atomic E-state index is 12.3. The third-order valence-corrected chi connectivity index (χ3v) is 4.27. The number of hydrogen-bond donors (Lipinski definition) is 1. The lowest BCUT2D eigenvalue weighted by molar-refractivity contribution is -0.135. The smallest absolute Gasteiger partial charge is 0.289 e. The third kappa shape index (κ3) is 4.30. The average molecular weight is 355 g/mol. The van der Waals surface area contributed by atoms with Gasteiger partial charge in [-0.1, -0.05) is 12.1 Å². The minimum atomic E-state index is -0.338. The molecule has 1 aromatic carbocycles. The lowest BCUT2D eigenvalue weighted by Gasteiger charge is -2.34. The number of carbonyl (C=O) groups excluding carboxylic acids is 3. The van der Waals surface area contributed by atoms with E-state index < -0.39 is 0 Å². The molecule has 0 atom stereocenters. The van der Waals surface area contributed by atoms with Gasteiger partial charge >= 0.3 is 0 Å². The number of nitrogens with one attached hydrogen (secondary N) is 1. The Balaban J connectivity index is 1.47. The van der Waals surface area contributed by atoms with E-state index in [1.165, 1.54) is 6.26 Å². The second kappa shape index (κ2) is 7.86. The fraction of sp³-hybridized carbons (Fsp3) is 0.316. The summed E-state index contributed by atoms with van der Waals surface area (Å²) in [5.41, 5.74) is 1.71. The van der Waals surface area contributed by atoms with Gasteiger partial charge in [0.2, 0.25) is 11.8 Å². The molecule has 26 heavy (non-hydrogen) atoms. The molecule has 0 saturated carbocycles. The fourth-order valence-electron chi connectivity index (χ4n) is 2.89. The summed E-state index contributed by atoms with van der Waals surface area (Å²) in [6.45, 7) is 3.59. The van der Waals surface area contributed by atoms with Crippen LogP contribution in [0.2, 0.25) is 0 Å². The Morgan fingerprint density at radius 3 is 2.42 bits per heavy atom. The first kappa shape index (κ1) is 17.7. The topological polar surface area (TPSA) is 82.9 Å². The van der Waals surface area contributed by atoms with E-state index in [0.29, 0.717) is 37.6 Å². The van der Waals surface area contributed by atoms with Crippen LogP contribution in [0.15, 0.2) is 47.1 Å². The number of aryl methyl sites for hydroxylation is 1. The monoisotopic (exact) mass is 355 g/mol. The number of hydrogen-bond acceptors (Lipinski definition) is 4. The number of benzene rings is 1. The van der Waals surface area contributed by atoms with E-state index in [1.807, 2.05) is 25.1 Å². The van der Waals surface area contributed by atoms with Crippen LogP contribution in [0.25, 0.3) is 0 Å². The number of carbonyl (C=O) groups is 3. The Labute approximate surface area is 151 Å². The quantitative estimate of drug-likeness (QED) is 0.849. The average Bonchev–Trinajstić information content (AvgIpc) is 3.15. The van der Waals surface area contributed by atoms with Crippen molar-refractivity contribution in [3.05, 3.63) is 54.0 Å². The first-order chi connectivity index (χ1) is 12.5. The molecule has 1 aliphatic heterocycles. The van der Waals surface area contributed by atoms with Gasteiger partial charge in [-0.25, -0.2) is 0 Å². The minimum Gasteiger partial charge on any atom is -0.459 e. The maximum atomic E-state index is 12.3. The van der Waals surface area contributed by atoms with E-state index in [-0.39, 0.29) is 24.1 Å². The summed E-state index contributed by atoms with van der Waals surface area (Å²) in [4.78, 5) is 39.9. The predicted molar refractivity (Wildman–Crippen MR) is 95.6 cm³/mol.